The van der Waals surface area contributed by atoms with Crippen LogP contribution in [0.4, 0.5) is 0 Å². The Morgan fingerprint density at radius 3 is 2.73 bits per heavy atom. The van der Waals surface area contributed by atoms with E-state index in [0.717, 1.165) is 51.7 Å². The summed E-state index contributed by atoms with van der Waals surface area (Å²) in [6.45, 7) is 2.87. The Bertz CT molecular complexity index is 1600. The van der Waals surface area contributed by atoms with E-state index in [0.29, 0.717) is 18.6 Å². The summed E-state index contributed by atoms with van der Waals surface area (Å²) in [6.07, 6.45) is 6.68. The first-order valence-corrected chi connectivity index (χ1v) is 10.9. The molecule has 0 atom stereocenters. The molecule has 5 aromatic heterocycles. The molecule has 0 radical (unpaired) electrons. The minimum atomic E-state index is -0.0886. The number of aromatic amines is 1. The highest BCUT2D eigenvalue weighted by molar-refractivity contribution is 6.00. The minimum Gasteiger partial charge on any atom is -0.343 e. The van der Waals surface area contributed by atoms with E-state index >= 15 is 0 Å². The molecule has 1 amide bonds. The quantitative estimate of drug-likeness (QED) is 0.449. The molecular weight excluding hydrogens is 420 g/mol. The van der Waals surface area contributed by atoms with Gasteiger partial charge in [0.05, 0.1) is 34.6 Å². The maximum Gasteiger partial charge on any atom is 0.329 e. The summed E-state index contributed by atoms with van der Waals surface area (Å²) in [6, 6.07) is 5.83. The minimum absolute atomic E-state index is 0.00296. The lowest BCUT2D eigenvalue weighted by molar-refractivity contribution is -0.130. The topological polar surface area (TPSA) is 115 Å². The van der Waals surface area contributed by atoms with E-state index < -0.39 is 0 Å². The highest BCUT2D eigenvalue weighted by Gasteiger charge is 2.27. The van der Waals surface area contributed by atoms with E-state index in [2.05, 4.69) is 20.2 Å². The van der Waals surface area contributed by atoms with Gasteiger partial charge in [0, 0.05) is 50.2 Å². The van der Waals surface area contributed by atoms with Crippen LogP contribution in [0.25, 0.3) is 44.4 Å². The van der Waals surface area contributed by atoms with Gasteiger partial charge in [-0.05, 0) is 31.0 Å². The van der Waals surface area contributed by atoms with Crippen molar-refractivity contribution in [2.24, 2.45) is 7.05 Å². The normalized spacial score (nSPS) is 15.2. The number of rotatable bonds is 2. The van der Waals surface area contributed by atoms with Gasteiger partial charge in [-0.25, -0.2) is 14.8 Å². The number of carbonyl (C=O) groups excluding carboxylic acids is 1. The van der Waals surface area contributed by atoms with Crippen molar-refractivity contribution in [2.75, 3.05) is 13.1 Å². The summed E-state index contributed by atoms with van der Waals surface area (Å²) in [4.78, 5) is 40.8. The van der Waals surface area contributed by atoms with Crippen LogP contribution in [-0.4, -0.2) is 58.2 Å². The number of amides is 1. The van der Waals surface area contributed by atoms with Crippen LogP contribution in [0, 0.1) is 0 Å². The molecule has 166 valence electrons. The fourth-order valence-corrected chi connectivity index (χ4v) is 4.80. The first kappa shape index (κ1) is 19.6. The maximum absolute atomic E-state index is 13.3. The number of pyridine rings is 3. The molecular formula is C23H22N8O2. The van der Waals surface area contributed by atoms with Gasteiger partial charge in [-0.15, -0.1) is 0 Å². The summed E-state index contributed by atoms with van der Waals surface area (Å²) in [5.74, 6) is 0.0721. The monoisotopic (exact) mass is 442 g/mol. The Morgan fingerprint density at radius 2 is 1.94 bits per heavy atom. The number of piperidine rings is 1. The van der Waals surface area contributed by atoms with E-state index in [4.69, 9.17) is 4.98 Å². The SMILES string of the molecule is CC(=O)N1CCC(n2c(=O)n(C)c3cnc4ccc(-c5cnc6[nH]ncc6c5)nc4c32)CC1. The number of likely N-dealkylation sites (tertiary alicyclic amines) is 1. The molecule has 5 aromatic rings. The molecule has 6 rings (SSSR count). The van der Waals surface area contributed by atoms with Crippen LogP contribution in [0.5, 0.6) is 0 Å². The molecule has 1 N–H and O–H groups in total. The van der Waals surface area contributed by atoms with E-state index in [9.17, 15) is 9.59 Å². The predicted molar refractivity (Wildman–Crippen MR) is 124 cm³/mol. The zero-order chi connectivity index (χ0) is 22.7. The average Bonchev–Trinajstić information content (AvgIpc) is 3.41. The van der Waals surface area contributed by atoms with Gasteiger partial charge in [0.25, 0.3) is 0 Å². The standard InChI is InChI=1S/C23H22N8O2/c1-13(32)30-7-5-16(6-8-30)31-21-19(29(2)23(31)33)12-24-18-4-3-17(27-20(18)21)14-9-15-11-26-28-22(15)25-10-14/h3-4,9-12,16H,5-8H2,1-2H3,(H,25,26,28). The Kier molecular flexibility index (Phi) is 4.29. The molecule has 0 unspecified atom stereocenters. The Labute approximate surface area is 187 Å². The number of carbonyl (C=O) groups is 1. The molecule has 6 heterocycles. The zero-order valence-corrected chi connectivity index (χ0v) is 18.3. The van der Waals surface area contributed by atoms with E-state index in [1.54, 1.807) is 37.1 Å². The number of nitrogens with zero attached hydrogens (tertiary/aromatic N) is 7. The third kappa shape index (κ3) is 3.01. The lowest BCUT2D eigenvalue weighted by Crippen LogP contribution is -2.39. The van der Waals surface area contributed by atoms with E-state index in [-0.39, 0.29) is 17.6 Å². The van der Waals surface area contributed by atoms with Crippen molar-refractivity contribution < 1.29 is 4.79 Å². The number of aromatic nitrogens is 7. The second-order valence-electron chi connectivity index (χ2n) is 8.54. The van der Waals surface area contributed by atoms with Gasteiger partial charge in [0.2, 0.25) is 5.91 Å². The van der Waals surface area contributed by atoms with Crippen molar-refractivity contribution in [1.82, 2.24) is 39.2 Å². The molecule has 0 spiro atoms. The van der Waals surface area contributed by atoms with Crippen molar-refractivity contribution >= 4 is 39.0 Å². The van der Waals surface area contributed by atoms with Crippen LogP contribution in [-0.2, 0) is 11.8 Å². The Hall–Kier alpha value is -4.08. The summed E-state index contributed by atoms with van der Waals surface area (Å²) >= 11 is 0. The molecule has 0 bridgehead atoms. The smallest absolute Gasteiger partial charge is 0.329 e. The first-order valence-electron chi connectivity index (χ1n) is 10.9. The van der Waals surface area contributed by atoms with Crippen LogP contribution in [0.3, 0.4) is 0 Å². The van der Waals surface area contributed by atoms with E-state index in [1.807, 2.05) is 27.7 Å². The predicted octanol–water partition coefficient (Wildman–Crippen LogP) is 2.40. The largest absolute Gasteiger partial charge is 0.343 e. The number of fused-ring (bicyclic) bond motifs is 4. The van der Waals surface area contributed by atoms with Crippen LogP contribution in [0.15, 0.2) is 41.6 Å². The van der Waals surface area contributed by atoms with Crippen LogP contribution < -0.4 is 5.69 Å². The number of hydrogen-bond donors (Lipinski definition) is 1. The lowest BCUT2D eigenvalue weighted by Gasteiger charge is -2.31. The van der Waals surface area contributed by atoms with Gasteiger partial charge in [-0.2, -0.15) is 5.10 Å². The fourth-order valence-electron chi connectivity index (χ4n) is 4.80. The Morgan fingerprint density at radius 1 is 1.12 bits per heavy atom. The Balaban J connectivity index is 1.53. The van der Waals surface area contributed by atoms with Crippen molar-refractivity contribution in [3.63, 3.8) is 0 Å². The summed E-state index contributed by atoms with van der Waals surface area (Å²) < 4.78 is 3.48. The number of nitrogens with one attached hydrogen (secondary N) is 1. The second-order valence-corrected chi connectivity index (χ2v) is 8.54. The first-order chi connectivity index (χ1) is 16.0. The molecule has 1 aliphatic rings. The third-order valence-corrected chi connectivity index (χ3v) is 6.62. The molecule has 1 saturated heterocycles. The van der Waals surface area contributed by atoms with Crippen LogP contribution in [0.1, 0.15) is 25.8 Å². The lowest BCUT2D eigenvalue weighted by atomic mass is 10.0. The zero-order valence-electron chi connectivity index (χ0n) is 18.3. The fraction of sp³-hybridized carbons (Fsp3) is 0.304. The van der Waals surface area contributed by atoms with Crippen LogP contribution in [0.2, 0.25) is 0 Å². The molecule has 33 heavy (non-hydrogen) atoms. The van der Waals surface area contributed by atoms with Gasteiger partial charge in [0.1, 0.15) is 5.52 Å². The molecule has 0 saturated carbocycles. The number of aryl methyl sites for hydroxylation is 1. The number of hydrogen-bond acceptors (Lipinski definition) is 6. The highest BCUT2D eigenvalue weighted by Crippen LogP contribution is 2.30. The van der Waals surface area contributed by atoms with Crippen molar-refractivity contribution in [1.29, 1.82) is 0 Å². The van der Waals surface area contributed by atoms with Gasteiger partial charge in [-0.1, -0.05) is 0 Å². The average molecular weight is 442 g/mol. The van der Waals surface area contributed by atoms with Gasteiger partial charge in [0.15, 0.2) is 5.65 Å². The molecule has 0 aliphatic carbocycles. The third-order valence-electron chi connectivity index (χ3n) is 6.62. The second kappa shape index (κ2) is 7.22. The van der Waals surface area contributed by atoms with Gasteiger partial charge in [-0.3, -0.25) is 24.0 Å². The molecule has 0 aromatic carbocycles. The van der Waals surface area contributed by atoms with E-state index in [1.165, 1.54) is 0 Å². The van der Waals surface area contributed by atoms with Crippen molar-refractivity contribution in [3.8, 4) is 11.3 Å². The number of H-pyrrole nitrogens is 1. The summed E-state index contributed by atoms with van der Waals surface area (Å²) in [5.41, 5.74) is 5.19. The molecule has 10 heteroatoms. The molecule has 1 fully saturated rings. The van der Waals surface area contributed by atoms with Crippen molar-refractivity contribution in [2.45, 2.75) is 25.8 Å². The number of imidazole rings is 1. The molecule has 10 nitrogen and oxygen atoms in total. The molecule has 1 aliphatic heterocycles. The highest BCUT2D eigenvalue weighted by atomic mass is 16.2. The summed E-state index contributed by atoms with van der Waals surface area (Å²) in [7, 11) is 1.76. The summed E-state index contributed by atoms with van der Waals surface area (Å²) in [5, 5.41) is 7.80. The van der Waals surface area contributed by atoms with Crippen LogP contribution >= 0.6 is 0 Å². The van der Waals surface area contributed by atoms with Gasteiger partial charge >= 0.3 is 5.69 Å². The van der Waals surface area contributed by atoms with Gasteiger partial charge < -0.3 is 4.90 Å². The maximum atomic E-state index is 13.3. The van der Waals surface area contributed by atoms with Crippen molar-refractivity contribution in [3.05, 3.63) is 47.3 Å².